The molecule has 0 aromatic heterocycles. The summed E-state index contributed by atoms with van der Waals surface area (Å²) in [6.45, 7) is 4.83. The molecule has 0 saturated carbocycles. The van der Waals surface area contributed by atoms with E-state index in [-0.39, 0.29) is 52.5 Å². The third-order valence-corrected chi connectivity index (χ3v) is 15.9. The number of benzene rings is 4. The number of unbranched alkanes of at least 4 members (excludes halogenated alkanes) is 28. The first kappa shape index (κ1) is 58.1. The number of carbonyl (C=O) groups excluding carboxylic acids is 3. The van der Waals surface area contributed by atoms with Crippen LogP contribution in [0, 0.1) is 5.92 Å². The number of esters is 1. The summed E-state index contributed by atoms with van der Waals surface area (Å²) in [5.41, 5.74) is 4.75. The molecule has 0 fully saturated rings. The zero-order valence-electron chi connectivity index (χ0n) is 43.7. The molecule has 71 heavy (non-hydrogen) atoms. The van der Waals surface area contributed by atoms with Crippen molar-refractivity contribution in [3.05, 3.63) is 110 Å². The van der Waals surface area contributed by atoms with Crippen molar-refractivity contribution in [3.63, 3.8) is 0 Å². The number of phenolic OH excluding ortho intramolecular Hbond substituents is 1. The van der Waals surface area contributed by atoms with Crippen LogP contribution in [0.1, 0.15) is 257 Å². The lowest BCUT2D eigenvalue weighted by Crippen LogP contribution is -2.22. The summed E-state index contributed by atoms with van der Waals surface area (Å²) in [4.78, 5) is 40.8. The molecule has 5 rings (SSSR count). The number of hydrogen-bond acceptors (Lipinski definition) is 6. The number of fused-ring (bicyclic) bond motifs is 2. The average Bonchev–Trinajstić information content (AvgIpc) is 3.38. The smallest absolute Gasteiger partial charge is 0.309 e. The SMILES string of the molecule is CCCCCCCCCCCCCCCCCCC(CCCCCCCCCCCCCCCC)C(=O)OCc1ccc(-c2cc(Br)c(Nc3ccc(O)c4c3C(=O)c3ccccc3C4=O)c(Br)c2)cc1. The maximum atomic E-state index is 13.7. The number of ether oxygens (including phenoxy) is 1. The lowest BCUT2D eigenvalue weighted by Gasteiger charge is -2.22. The average molecular weight is 1100 g/mol. The van der Waals surface area contributed by atoms with Crippen LogP contribution in [-0.2, 0) is 16.1 Å². The largest absolute Gasteiger partial charge is 0.507 e. The molecule has 0 spiro atoms. The summed E-state index contributed by atoms with van der Waals surface area (Å²) < 4.78 is 7.54. The van der Waals surface area contributed by atoms with Gasteiger partial charge in [-0.15, -0.1) is 0 Å². The standard InChI is InChI=1S/C63H87Br2NO5/c1-3-5-7-9-11-13-15-17-19-20-22-24-26-28-30-32-36-50(35-31-29-27-25-23-21-18-16-14-12-10-8-6-4-2)63(70)71-47-48-39-41-49(42-40-48)51-45-54(64)60(55(65)46-51)66-56-43-44-57(67)59-58(56)61(68)52-37-33-34-38-53(52)62(59)69/h33-34,37-46,50,66-67H,3-32,35-36,47H2,1-2H3. The molecule has 0 bridgehead atoms. The third-order valence-electron chi connectivity index (χ3n) is 14.7. The number of hydrogen-bond donors (Lipinski definition) is 2. The van der Waals surface area contributed by atoms with Crippen LogP contribution in [-0.4, -0.2) is 22.6 Å². The minimum atomic E-state index is -0.381. The third kappa shape index (κ3) is 19.9. The van der Waals surface area contributed by atoms with Crippen molar-refractivity contribution >= 4 is 60.8 Å². The van der Waals surface area contributed by atoms with Crippen molar-refractivity contribution in [2.24, 2.45) is 5.92 Å². The Balaban J connectivity index is 1.07. The lowest BCUT2D eigenvalue weighted by molar-refractivity contribution is -0.150. The van der Waals surface area contributed by atoms with E-state index in [2.05, 4.69) is 51.0 Å². The molecule has 1 aliphatic rings. The van der Waals surface area contributed by atoms with Crippen LogP contribution in [0.5, 0.6) is 5.75 Å². The van der Waals surface area contributed by atoms with Gasteiger partial charge in [0.2, 0.25) is 0 Å². The number of carbonyl (C=O) groups is 3. The van der Waals surface area contributed by atoms with Gasteiger partial charge in [-0.05, 0) is 85.7 Å². The van der Waals surface area contributed by atoms with E-state index in [1.54, 1.807) is 30.3 Å². The van der Waals surface area contributed by atoms with Crippen molar-refractivity contribution in [3.8, 4) is 16.9 Å². The van der Waals surface area contributed by atoms with Crippen molar-refractivity contribution in [1.82, 2.24) is 0 Å². The molecule has 6 nitrogen and oxygen atoms in total. The fourth-order valence-electron chi connectivity index (χ4n) is 10.3. The summed E-state index contributed by atoms with van der Waals surface area (Å²) in [6.07, 6.45) is 42.0. The fraction of sp³-hybridized carbons (Fsp3) is 0.571. The molecule has 1 atom stereocenters. The summed E-state index contributed by atoms with van der Waals surface area (Å²) >= 11 is 7.48. The molecule has 2 N–H and O–H groups in total. The number of ketones is 2. The van der Waals surface area contributed by atoms with Gasteiger partial charge in [0, 0.05) is 20.1 Å². The van der Waals surface area contributed by atoms with Crippen molar-refractivity contribution in [2.45, 2.75) is 226 Å². The Kier molecular flexibility index (Phi) is 27.7. The monoisotopic (exact) mass is 1100 g/mol. The van der Waals surface area contributed by atoms with E-state index in [4.69, 9.17) is 4.74 Å². The first-order valence-electron chi connectivity index (χ1n) is 28.3. The Morgan fingerprint density at radius 3 is 1.32 bits per heavy atom. The molecule has 4 aromatic carbocycles. The highest BCUT2D eigenvalue weighted by Gasteiger charge is 2.34. The second kappa shape index (κ2) is 33.9. The van der Waals surface area contributed by atoms with Crippen LogP contribution in [0.25, 0.3) is 11.1 Å². The minimum Gasteiger partial charge on any atom is -0.507 e. The number of anilines is 2. The highest BCUT2D eigenvalue weighted by molar-refractivity contribution is 9.11. The molecule has 0 amide bonds. The Morgan fingerprint density at radius 1 is 0.507 bits per heavy atom. The first-order chi connectivity index (χ1) is 34.7. The van der Waals surface area contributed by atoms with Crippen LogP contribution in [0.3, 0.4) is 0 Å². The molecule has 0 heterocycles. The number of phenols is 1. The molecule has 1 aliphatic carbocycles. The predicted octanol–water partition coefficient (Wildman–Crippen LogP) is 20.3. The van der Waals surface area contributed by atoms with Gasteiger partial charge in [-0.25, -0.2) is 0 Å². The number of nitrogens with one attached hydrogen (secondary N) is 1. The molecular formula is C63H87Br2NO5. The second-order valence-corrected chi connectivity index (χ2v) is 22.2. The lowest BCUT2D eigenvalue weighted by atomic mass is 9.82. The Hall–Kier alpha value is -3.75. The van der Waals surface area contributed by atoms with E-state index in [1.165, 1.54) is 186 Å². The van der Waals surface area contributed by atoms with Crippen LogP contribution in [0.15, 0.2) is 81.7 Å². The maximum absolute atomic E-state index is 13.7. The minimum absolute atomic E-state index is 0.00396. The van der Waals surface area contributed by atoms with Crippen molar-refractivity contribution < 1.29 is 24.2 Å². The summed E-state index contributed by atoms with van der Waals surface area (Å²) in [7, 11) is 0. The molecule has 4 aromatic rings. The van der Waals surface area contributed by atoms with E-state index in [9.17, 15) is 19.5 Å². The van der Waals surface area contributed by atoms with Gasteiger partial charge >= 0.3 is 5.97 Å². The van der Waals surface area contributed by atoms with E-state index in [0.29, 0.717) is 16.9 Å². The van der Waals surface area contributed by atoms with Crippen molar-refractivity contribution in [1.29, 1.82) is 0 Å². The van der Waals surface area contributed by atoms with Gasteiger partial charge in [-0.3, -0.25) is 14.4 Å². The summed E-state index contributed by atoms with van der Waals surface area (Å²) in [5.74, 6) is -1.02. The van der Waals surface area contributed by atoms with E-state index < -0.39 is 0 Å². The van der Waals surface area contributed by atoms with Crippen molar-refractivity contribution in [2.75, 3.05) is 5.32 Å². The van der Waals surface area contributed by atoms with Gasteiger partial charge in [0.15, 0.2) is 11.6 Å². The highest BCUT2D eigenvalue weighted by atomic mass is 79.9. The molecule has 0 aliphatic heterocycles. The Morgan fingerprint density at radius 2 is 0.901 bits per heavy atom. The first-order valence-corrected chi connectivity index (χ1v) is 29.9. The van der Waals surface area contributed by atoms with E-state index in [0.717, 1.165) is 51.3 Å². The van der Waals surface area contributed by atoms with Crippen LogP contribution in [0.2, 0.25) is 0 Å². The number of rotatable bonds is 38. The number of halogens is 2. The fourth-order valence-corrected chi connectivity index (χ4v) is 11.7. The molecule has 388 valence electrons. The Bertz CT molecular complexity index is 2180. The molecule has 1 unspecified atom stereocenters. The normalized spacial score (nSPS) is 12.5. The van der Waals surface area contributed by atoms with Gasteiger partial charge < -0.3 is 15.2 Å². The molecule has 8 heteroatoms. The van der Waals surface area contributed by atoms with Gasteiger partial charge in [-0.1, -0.05) is 255 Å². The maximum Gasteiger partial charge on any atom is 0.309 e. The molecule has 0 saturated heterocycles. The van der Waals surface area contributed by atoms with Gasteiger partial charge in [0.25, 0.3) is 0 Å². The molecule has 0 radical (unpaired) electrons. The van der Waals surface area contributed by atoms with Gasteiger partial charge in [0.05, 0.1) is 28.4 Å². The zero-order chi connectivity index (χ0) is 50.5. The van der Waals surface area contributed by atoms with Crippen LogP contribution in [0.4, 0.5) is 11.4 Å². The topological polar surface area (TPSA) is 92.7 Å². The van der Waals surface area contributed by atoms with Crippen LogP contribution < -0.4 is 5.32 Å². The van der Waals surface area contributed by atoms with E-state index in [1.807, 2.05) is 36.4 Å². The zero-order valence-corrected chi connectivity index (χ0v) is 46.8. The molecular weight excluding hydrogens is 1010 g/mol. The van der Waals surface area contributed by atoms with Gasteiger partial charge in [0.1, 0.15) is 12.4 Å². The summed E-state index contributed by atoms with van der Waals surface area (Å²) in [6, 6.07) is 21.9. The van der Waals surface area contributed by atoms with Gasteiger partial charge in [-0.2, -0.15) is 0 Å². The van der Waals surface area contributed by atoms with E-state index >= 15 is 0 Å². The second-order valence-electron chi connectivity index (χ2n) is 20.5. The highest BCUT2D eigenvalue weighted by Crippen LogP contribution is 2.42. The Labute approximate surface area is 446 Å². The number of aromatic hydroxyl groups is 1. The predicted molar refractivity (Wildman–Crippen MR) is 304 cm³/mol. The van der Waals surface area contributed by atoms with Crippen LogP contribution >= 0.6 is 31.9 Å². The quantitative estimate of drug-likeness (QED) is 0.0232. The summed E-state index contributed by atoms with van der Waals surface area (Å²) in [5, 5.41) is 14.1.